The number of hydrogen-bond acceptors (Lipinski definition) is 7. The average molecular weight is 286 g/mol. The summed E-state index contributed by atoms with van der Waals surface area (Å²) in [4.78, 5) is 20.4. The Kier molecular flexibility index (Phi) is 4.81. The molecular weight excluding hydrogens is 272 g/mol. The van der Waals surface area contributed by atoms with Crippen LogP contribution in [0.4, 0.5) is 5.69 Å². The third-order valence-electron chi connectivity index (χ3n) is 2.84. The van der Waals surface area contributed by atoms with E-state index in [1.807, 2.05) is 0 Å². The number of aliphatic hydroxyl groups excluding tert-OH is 1. The molecule has 0 aliphatic heterocycles. The van der Waals surface area contributed by atoms with Crippen molar-refractivity contribution in [3.63, 3.8) is 0 Å². The molecule has 9 nitrogen and oxygen atoms in total. The van der Waals surface area contributed by atoms with Crippen molar-refractivity contribution in [3.8, 4) is 11.5 Å². The summed E-state index contributed by atoms with van der Waals surface area (Å²) < 4.78 is 9.84. The Morgan fingerprint density at radius 3 is 2.20 bits per heavy atom. The van der Waals surface area contributed by atoms with E-state index in [0.717, 1.165) is 6.92 Å². The van der Waals surface area contributed by atoms with Gasteiger partial charge in [-0.25, -0.2) is 0 Å². The van der Waals surface area contributed by atoms with Crippen LogP contribution in [0.15, 0.2) is 12.1 Å². The fourth-order valence-corrected chi connectivity index (χ4v) is 1.73. The van der Waals surface area contributed by atoms with E-state index in [0.29, 0.717) is 0 Å². The number of hydrogen-bond donors (Lipinski definition) is 1. The second-order valence-corrected chi connectivity index (χ2v) is 3.97. The Balaban J connectivity index is 3.47. The Bertz CT molecular complexity index is 532. The molecule has 2 unspecified atom stereocenters. The SMILES string of the molecule is COc1ccc(C(O)C(C)[N+](=O)[O-])c([N+](=O)[O-])c1OC. The molecule has 2 atom stereocenters. The number of methoxy groups -OCH3 is 2. The molecular formula is C11H14N2O7. The molecule has 0 radical (unpaired) electrons. The summed E-state index contributed by atoms with van der Waals surface area (Å²) in [6.45, 7) is 1.16. The van der Waals surface area contributed by atoms with Crippen molar-refractivity contribution in [1.82, 2.24) is 0 Å². The minimum absolute atomic E-state index is 0.101. The largest absolute Gasteiger partial charge is 0.493 e. The smallest absolute Gasteiger partial charge is 0.320 e. The minimum atomic E-state index is -1.63. The maximum absolute atomic E-state index is 11.2. The summed E-state index contributed by atoms with van der Waals surface area (Å²) in [5, 5.41) is 31.8. The van der Waals surface area contributed by atoms with Gasteiger partial charge < -0.3 is 14.6 Å². The molecule has 0 aliphatic carbocycles. The maximum atomic E-state index is 11.2. The molecule has 20 heavy (non-hydrogen) atoms. The van der Waals surface area contributed by atoms with Crippen LogP contribution in [0, 0.1) is 20.2 Å². The standard InChI is InChI=1S/C11H14N2O7/c1-6(12(15)16)10(14)7-4-5-8(19-2)11(20-3)9(7)13(17)18/h4-6,10,14H,1-3H3. The molecule has 0 amide bonds. The lowest BCUT2D eigenvalue weighted by Crippen LogP contribution is -2.24. The lowest BCUT2D eigenvalue weighted by Gasteiger charge is -2.15. The van der Waals surface area contributed by atoms with Crippen LogP contribution in [-0.2, 0) is 0 Å². The van der Waals surface area contributed by atoms with Crippen LogP contribution in [0.5, 0.6) is 11.5 Å². The quantitative estimate of drug-likeness (QED) is 0.617. The Labute approximate surface area is 114 Å². The van der Waals surface area contributed by atoms with Crippen molar-refractivity contribution in [3.05, 3.63) is 37.9 Å². The maximum Gasteiger partial charge on any atom is 0.320 e. The predicted octanol–water partition coefficient (Wildman–Crippen LogP) is 1.31. The van der Waals surface area contributed by atoms with Crippen LogP contribution in [0.2, 0.25) is 0 Å². The average Bonchev–Trinajstić information content (AvgIpc) is 2.43. The highest BCUT2D eigenvalue weighted by Crippen LogP contribution is 2.42. The molecule has 1 rings (SSSR count). The van der Waals surface area contributed by atoms with Gasteiger partial charge in [0.05, 0.1) is 24.7 Å². The molecule has 0 fully saturated rings. The van der Waals surface area contributed by atoms with E-state index in [2.05, 4.69) is 0 Å². The number of aliphatic hydroxyl groups is 1. The van der Waals surface area contributed by atoms with Gasteiger partial charge in [0.15, 0.2) is 11.9 Å². The molecule has 0 aromatic heterocycles. The van der Waals surface area contributed by atoms with E-state index in [-0.39, 0.29) is 17.1 Å². The van der Waals surface area contributed by atoms with Crippen LogP contribution >= 0.6 is 0 Å². The van der Waals surface area contributed by atoms with E-state index in [1.54, 1.807) is 0 Å². The van der Waals surface area contributed by atoms with Crippen molar-refractivity contribution in [1.29, 1.82) is 0 Å². The van der Waals surface area contributed by atoms with Crippen LogP contribution in [0.3, 0.4) is 0 Å². The summed E-state index contributed by atoms with van der Waals surface area (Å²) in [7, 11) is 2.51. The van der Waals surface area contributed by atoms with E-state index >= 15 is 0 Å². The Hall–Kier alpha value is -2.42. The zero-order chi connectivity index (χ0) is 15.4. The van der Waals surface area contributed by atoms with Crippen LogP contribution in [0.25, 0.3) is 0 Å². The molecule has 110 valence electrons. The van der Waals surface area contributed by atoms with Crippen molar-refractivity contribution in [2.24, 2.45) is 0 Å². The van der Waals surface area contributed by atoms with E-state index in [1.165, 1.54) is 26.4 Å². The number of nitrogens with zero attached hydrogens (tertiary/aromatic N) is 2. The number of ether oxygens (including phenoxy) is 2. The van der Waals surface area contributed by atoms with Gasteiger partial charge in [0.25, 0.3) is 0 Å². The molecule has 0 bridgehead atoms. The first-order chi connectivity index (χ1) is 9.34. The molecule has 0 heterocycles. The van der Waals surface area contributed by atoms with Gasteiger partial charge in [-0.1, -0.05) is 0 Å². The van der Waals surface area contributed by atoms with Crippen molar-refractivity contribution in [2.75, 3.05) is 14.2 Å². The zero-order valence-corrected chi connectivity index (χ0v) is 11.1. The summed E-state index contributed by atoms with van der Waals surface area (Å²) in [6.07, 6.45) is -1.63. The predicted molar refractivity (Wildman–Crippen MR) is 67.6 cm³/mol. The normalized spacial score (nSPS) is 13.4. The number of rotatable bonds is 6. The molecule has 0 spiro atoms. The first-order valence-corrected chi connectivity index (χ1v) is 5.56. The van der Waals surface area contributed by atoms with E-state index in [4.69, 9.17) is 9.47 Å². The molecule has 9 heteroatoms. The van der Waals surface area contributed by atoms with Gasteiger partial charge in [0.1, 0.15) is 0 Å². The van der Waals surface area contributed by atoms with Gasteiger partial charge in [-0.2, -0.15) is 0 Å². The third-order valence-corrected chi connectivity index (χ3v) is 2.84. The second-order valence-electron chi connectivity index (χ2n) is 3.97. The monoisotopic (exact) mass is 286 g/mol. The number of benzene rings is 1. The topological polar surface area (TPSA) is 125 Å². The summed E-state index contributed by atoms with van der Waals surface area (Å²) >= 11 is 0. The fourth-order valence-electron chi connectivity index (χ4n) is 1.73. The van der Waals surface area contributed by atoms with E-state index in [9.17, 15) is 25.3 Å². The van der Waals surface area contributed by atoms with Crippen LogP contribution < -0.4 is 9.47 Å². The van der Waals surface area contributed by atoms with E-state index < -0.39 is 27.7 Å². The summed E-state index contributed by atoms with van der Waals surface area (Å²) in [5.74, 6) is -0.0893. The van der Waals surface area contributed by atoms with Gasteiger partial charge in [0.2, 0.25) is 11.8 Å². The number of nitro benzene ring substituents is 1. The first-order valence-electron chi connectivity index (χ1n) is 5.56. The molecule has 1 N–H and O–H groups in total. The Morgan fingerprint density at radius 2 is 1.80 bits per heavy atom. The fraction of sp³-hybridized carbons (Fsp3) is 0.455. The van der Waals surface area contributed by atoms with Gasteiger partial charge >= 0.3 is 5.69 Å². The molecule has 0 saturated heterocycles. The summed E-state index contributed by atoms with van der Waals surface area (Å²) in [6, 6.07) is 1.16. The van der Waals surface area contributed by atoms with Gasteiger partial charge in [0, 0.05) is 11.8 Å². The van der Waals surface area contributed by atoms with Crippen LogP contribution in [-0.4, -0.2) is 35.2 Å². The summed E-state index contributed by atoms with van der Waals surface area (Å²) in [5.41, 5.74) is -0.745. The molecule has 0 saturated carbocycles. The lowest BCUT2D eigenvalue weighted by molar-refractivity contribution is -0.531. The first kappa shape index (κ1) is 15.6. The molecule has 0 aliphatic rings. The number of nitro groups is 2. The molecule has 1 aromatic carbocycles. The van der Waals surface area contributed by atoms with Gasteiger partial charge in [-0.3, -0.25) is 20.2 Å². The highest BCUT2D eigenvalue weighted by atomic mass is 16.6. The Morgan fingerprint density at radius 1 is 1.20 bits per heavy atom. The van der Waals surface area contributed by atoms with Crippen molar-refractivity contribution < 1.29 is 24.4 Å². The lowest BCUT2D eigenvalue weighted by atomic mass is 10.0. The minimum Gasteiger partial charge on any atom is -0.493 e. The highest BCUT2D eigenvalue weighted by Gasteiger charge is 2.35. The van der Waals surface area contributed by atoms with Crippen LogP contribution in [0.1, 0.15) is 18.6 Å². The second kappa shape index (κ2) is 6.15. The zero-order valence-electron chi connectivity index (χ0n) is 11.1. The third kappa shape index (κ3) is 2.77. The van der Waals surface area contributed by atoms with Crippen molar-refractivity contribution in [2.45, 2.75) is 19.1 Å². The van der Waals surface area contributed by atoms with Gasteiger partial charge in [-0.05, 0) is 12.1 Å². The molecule has 1 aromatic rings. The van der Waals surface area contributed by atoms with Gasteiger partial charge in [-0.15, -0.1) is 0 Å². The van der Waals surface area contributed by atoms with Crippen molar-refractivity contribution >= 4 is 5.69 Å². The highest BCUT2D eigenvalue weighted by molar-refractivity contribution is 5.61.